The normalized spacial score (nSPS) is 15.2. The molecule has 1 aliphatic heterocycles. The van der Waals surface area contributed by atoms with E-state index < -0.39 is 5.69 Å². The van der Waals surface area contributed by atoms with Crippen LogP contribution in [0.15, 0.2) is 9.59 Å². The van der Waals surface area contributed by atoms with Gasteiger partial charge in [0.15, 0.2) is 11.2 Å². The van der Waals surface area contributed by atoms with Crippen molar-refractivity contribution in [1.82, 2.24) is 34.2 Å². The summed E-state index contributed by atoms with van der Waals surface area (Å²) in [5.41, 5.74) is 0.127. The quantitative estimate of drug-likeness (QED) is 0.700. The number of nitrogens with zero attached hydrogens (tertiary/aromatic N) is 5. The van der Waals surface area contributed by atoms with Crippen LogP contribution in [-0.2, 0) is 19.6 Å². The second kappa shape index (κ2) is 9.25. The van der Waals surface area contributed by atoms with Crippen LogP contribution in [0.4, 0.5) is 4.79 Å². The first-order chi connectivity index (χ1) is 14.0. The van der Waals surface area contributed by atoms with E-state index in [4.69, 9.17) is 4.98 Å². The highest BCUT2D eigenvalue weighted by Gasteiger charge is 2.23. The van der Waals surface area contributed by atoms with Gasteiger partial charge in [-0.25, -0.2) is 14.6 Å². The van der Waals surface area contributed by atoms with Crippen LogP contribution in [-0.4, -0.2) is 67.7 Å². The Balaban J connectivity index is 1.85. The summed E-state index contributed by atoms with van der Waals surface area (Å²) < 4.78 is 3.47. The van der Waals surface area contributed by atoms with Gasteiger partial charge in [0.1, 0.15) is 5.82 Å². The van der Waals surface area contributed by atoms with Crippen LogP contribution in [0.2, 0.25) is 0 Å². The summed E-state index contributed by atoms with van der Waals surface area (Å²) in [7, 11) is 0. The van der Waals surface area contributed by atoms with Crippen LogP contribution in [0.25, 0.3) is 11.2 Å². The monoisotopic (exact) mass is 405 g/mol. The zero-order valence-corrected chi connectivity index (χ0v) is 17.5. The highest BCUT2D eigenvalue weighted by molar-refractivity contribution is 5.74. The summed E-state index contributed by atoms with van der Waals surface area (Å²) in [4.78, 5) is 48.0. The van der Waals surface area contributed by atoms with E-state index in [1.807, 2.05) is 23.3 Å². The average molecular weight is 406 g/mol. The van der Waals surface area contributed by atoms with Crippen molar-refractivity contribution in [2.75, 3.05) is 32.7 Å². The number of hydrogen-bond donors (Lipinski definition) is 2. The number of carbonyl (C=O) groups excluding carboxylic acids is 1. The minimum Gasteiger partial charge on any atom is -0.338 e. The summed E-state index contributed by atoms with van der Waals surface area (Å²) in [5, 5.41) is 2.83. The topological polar surface area (TPSA) is 108 Å². The Hall–Kier alpha value is -2.62. The molecular formula is C19H31N7O3. The number of amides is 2. The van der Waals surface area contributed by atoms with Gasteiger partial charge in [-0.1, -0.05) is 13.3 Å². The molecule has 10 heteroatoms. The number of hydrogen-bond acceptors (Lipinski definition) is 5. The second-order valence-corrected chi connectivity index (χ2v) is 7.31. The molecule has 0 radical (unpaired) electrons. The summed E-state index contributed by atoms with van der Waals surface area (Å²) in [5.74, 6) is 0.773. The first kappa shape index (κ1) is 21.1. The number of urea groups is 1. The van der Waals surface area contributed by atoms with Crippen LogP contribution in [0.1, 0.15) is 39.4 Å². The van der Waals surface area contributed by atoms with Gasteiger partial charge < -0.3 is 14.8 Å². The molecule has 1 aliphatic rings. The van der Waals surface area contributed by atoms with Crippen LogP contribution in [0.3, 0.4) is 0 Å². The van der Waals surface area contributed by atoms with Crippen molar-refractivity contribution < 1.29 is 4.79 Å². The van der Waals surface area contributed by atoms with E-state index in [0.29, 0.717) is 50.4 Å². The fraction of sp³-hybridized carbons (Fsp3) is 0.684. The number of imidazole rings is 1. The van der Waals surface area contributed by atoms with Gasteiger partial charge in [0.05, 0.1) is 6.54 Å². The number of unbranched alkanes of at least 4 members (excludes halogenated alkanes) is 1. The first-order valence-electron chi connectivity index (χ1n) is 10.5. The molecular weight excluding hydrogens is 374 g/mol. The smallest absolute Gasteiger partial charge is 0.330 e. The van der Waals surface area contributed by atoms with Crippen LogP contribution in [0, 0.1) is 0 Å². The number of aromatic nitrogens is 4. The van der Waals surface area contributed by atoms with Crippen LogP contribution in [0.5, 0.6) is 0 Å². The van der Waals surface area contributed by atoms with Gasteiger partial charge in [-0.15, -0.1) is 0 Å². The molecule has 3 heterocycles. The minimum atomic E-state index is -0.404. The molecule has 3 rings (SSSR count). The third-order valence-electron chi connectivity index (χ3n) is 5.37. The maximum absolute atomic E-state index is 12.5. The van der Waals surface area contributed by atoms with Crippen molar-refractivity contribution in [3.05, 3.63) is 26.7 Å². The van der Waals surface area contributed by atoms with Gasteiger partial charge in [-0.05, 0) is 20.3 Å². The highest BCUT2D eigenvalue weighted by Crippen LogP contribution is 2.15. The van der Waals surface area contributed by atoms with Crippen molar-refractivity contribution in [3.63, 3.8) is 0 Å². The molecule has 2 aromatic heterocycles. The predicted octanol–water partition coefficient (Wildman–Crippen LogP) is 0.553. The maximum Gasteiger partial charge on any atom is 0.330 e. The Bertz CT molecular complexity index is 967. The standard InChI is InChI=1S/C19H31N7O3/c1-4-7-8-26-16-15(17(27)22-19(26)29)25(6-3)14(21-16)13-23-9-11-24(12-10-23)18(28)20-5-2/h4-13H2,1-3H3,(H,20,28)(H,22,27,29). The van der Waals surface area contributed by atoms with Gasteiger partial charge >= 0.3 is 11.7 Å². The zero-order chi connectivity index (χ0) is 21.0. The fourth-order valence-electron chi connectivity index (χ4n) is 3.77. The summed E-state index contributed by atoms with van der Waals surface area (Å²) in [6.45, 7) is 11.1. The average Bonchev–Trinajstić information content (AvgIpc) is 3.07. The Kier molecular flexibility index (Phi) is 6.73. The Morgan fingerprint density at radius 2 is 1.83 bits per heavy atom. The summed E-state index contributed by atoms with van der Waals surface area (Å²) >= 11 is 0. The molecule has 1 saturated heterocycles. The molecule has 0 unspecified atom stereocenters. The molecule has 0 saturated carbocycles. The molecule has 0 spiro atoms. The van der Waals surface area contributed by atoms with E-state index in [-0.39, 0.29) is 11.6 Å². The maximum atomic E-state index is 12.5. The molecule has 0 atom stereocenters. The van der Waals surface area contributed by atoms with E-state index in [1.54, 1.807) is 4.57 Å². The Morgan fingerprint density at radius 3 is 2.45 bits per heavy atom. The highest BCUT2D eigenvalue weighted by atomic mass is 16.2. The number of carbonyl (C=O) groups is 1. The lowest BCUT2D eigenvalue weighted by Crippen LogP contribution is -2.51. The van der Waals surface area contributed by atoms with Crippen molar-refractivity contribution in [2.45, 2.75) is 53.2 Å². The lowest BCUT2D eigenvalue weighted by molar-refractivity contribution is 0.133. The first-order valence-corrected chi connectivity index (χ1v) is 10.5. The Labute approximate surface area is 169 Å². The number of rotatable bonds is 7. The number of aromatic amines is 1. The second-order valence-electron chi connectivity index (χ2n) is 7.31. The van der Waals surface area contributed by atoms with Crippen molar-refractivity contribution in [2.24, 2.45) is 0 Å². The van der Waals surface area contributed by atoms with Crippen LogP contribution >= 0.6 is 0 Å². The van der Waals surface area contributed by atoms with Gasteiger partial charge in [0.25, 0.3) is 5.56 Å². The zero-order valence-electron chi connectivity index (χ0n) is 17.5. The van der Waals surface area contributed by atoms with E-state index in [0.717, 1.165) is 31.8 Å². The van der Waals surface area contributed by atoms with E-state index in [9.17, 15) is 14.4 Å². The van der Waals surface area contributed by atoms with Gasteiger partial charge in [0, 0.05) is 45.8 Å². The fourth-order valence-corrected chi connectivity index (χ4v) is 3.77. The SMILES string of the molecule is CCCCn1c(=O)[nH]c(=O)c2c1nc(CN1CCN(C(=O)NCC)CC1)n2CC. The van der Waals surface area contributed by atoms with Gasteiger partial charge in [0.2, 0.25) is 0 Å². The lowest BCUT2D eigenvalue weighted by atomic mass is 10.3. The third kappa shape index (κ3) is 4.36. The molecule has 2 aromatic rings. The lowest BCUT2D eigenvalue weighted by Gasteiger charge is -2.34. The molecule has 29 heavy (non-hydrogen) atoms. The van der Waals surface area contributed by atoms with E-state index >= 15 is 0 Å². The largest absolute Gasteiger partial charge is 0.338 e. The predicted molar refractivity (Wildman–Crippen MR) is 111 cm³/mol. The number of fused-ring (bicyclic) bond motifs is 1. The minimum absolute atomic E-state index is 0.0283. The van der Waals surface area contributed by atoms with Crippen molar-refractivity contribution in [3.8, 4) is 0 Å². The molecule has 1 fully saturated rings. The van der Waals surface area contributed by atoms with Crippen molar-refractivity contribution in [1.29, 1.82) is 0 Å². The molecule has 0 aromatic carbocycles. The molecule has 2 amide bonds. The molecule has 0 bridgehead atoms. The molecule has 160 valence electrons. The number of H-pyrrole nitrogens is 1. The van der Waals surface area contributed by atoms with E-state index in [1.165, 1.54) is 0 Å². The molecule has 0 aliphatic carbocycles. The number of aryl methyl sites for hydroxylation is 2. The number of nitrogens with one attached hydrogen (secondary N) is 2. The Morgan fingerprint density at radius 1 is 1.10 bits per heavy atom. The summed E-state index contributed by atoms with van der Waals surface area (Å²) in [6.07, 6.45) is 1.79. The number of piperazine rings is 1. The van der Waals surface area contributed by atoms with Gasteiger partial charge in [-0.3, -0.25) is 19.2 Å². The van der Waals surface area contributed by atoms with E-state index in [2.05, 4.69) is 22.1 Å². The van der Waals surface area contributed by atoms with Crippen LogP contribution < -0.4 is 16.6 Å². The molecule has 2 N–H and O–H groups in total. The summed E-state index contributed by atoms with van der Waals surface area (Å²) in [6, 6.07) is -0.0283. The molecule has 10 nitrogen and oxygen atoms in total. The van der Waals surface area contributed by atoms with Gasteiger partial charge in [-0.2, -0.15) is 0 Å². The third-order valence-corrected chi connectivity index (χ3v) is 5.37. The van der Waals surface area contributed by atoms with Crippen molar-refractivity contribution >= 4 is 17.2 Å².